The maximum absolute atomic E-state index is 10.7. The van der Waals surface area contributed by atoms with Gasteiger partial charge in [0.1, 0.15) is 0 Å². The molecule has 0 radical (unpaired) electrons. The number of hydrogen-bond donors (Lipinski definition) is 1. The van der Waals surface area contributed by atoms with E-state index < -0.39 is 5.97 Å². The minimum Gasteiger partial charge on any atom is -0.481 e. The molecule has 0 aromatic carbocycles. The quantitative estimate of drug-likeness (QED) is 0.773. The molecule has 20 heavy (non-hydrogen) atoms. The molecule has 0 unspecified atom stereocenters. The van der Waals surface area contributed by atoms with Crippen molar-refractivity contribution in [3.8, 4) is 0 Å². The van der Waals surface area contributed by atoms with Crippen LogP contribution in [0.4, 0.5) is 0 Å². The second-order valence-electron chi connectivity index (χ2n) is 4.67. The molecule has 1 aliphatic heterocycles. The molecule has 0 amide bonds. The van der Waals surface area contributed by atoms with Gasteiger partial charge in [-0.15, -0.1) is 0 Å². The standard InChI is InChI=1S/C13H21N3O2S2/c1-2-11-9-14-13(20-10-12(17)18)16(11)4-3-15-5-7-19-8-6-15/h9H,2-8,10H2,1H3,(H,17,18). The Morgan fingerprint density at radius 1 is 1.45 bits per heavy atom. The number of imidazole rings is 1. The lowest BCUT2D eigenvalue weighted by molar-refractivity contribution is -0.133. The molecule has 0 spiro atoms. The zero-order valence-corrected chi connectivity index (χ0v) is 13.4. The number of aryl methyl sites for hydroxylation is 1. The molecule has 1 fully saturated rings. The predicted octanol–water partition coefficient (Wildman–Crippen LogP) is 1.67. The summed E-state index contributed by atoms with van der Waals surface area (Å²) in [6.07, 6.45) is 2.80. The van der Waals surface area contributed by atoms with Crippen molar-refractivity contribution in [2.45, 2.75) is 25.0 Å². The molecule has 1 N–H and O–H groups in total. The average molecular weight is 315 g/mol. The number of nitrogens with zero attached hydrogens (tertiary/aromatic N) is 3. The molecule has 7 heteroatoms. The molecule has 5 nitrogen and oxygen atoms in total. The van der Waals surface area contributed by atoms with Gasteiger partial charge in [0.15, 0.2) is 5.16 Å². The van der Waals surface area contributed by atoms with E-state index in [0.29, 0.717) is 0 Å². The first kappa shape index (κ1) is 15.7. The Morgan fingerprint density at radius 2 is 2.20 bits per heavy atom. The van der Waals surface area contributed by atoms with Gasteiger partial charge in [0.2, 0.25) is 0 Å². The molecule has 112 valence electrons. The second-order valence-corrected chi connectivity index (χ2v) is 6.84. The molecule has 2 heterocycles. The van der Waals surface area contributed by atoms with E-state index in [4.69, 9.17) is 5.11 Å². The van der Waals surface area contributed by atoms with Crippen LogP contribution in [0.1, 0.15) is 12.6 Å². The van der Waals surface area contributed by atoms with E-state index in [-0.39, 0.29) is 5.75 Å². The van der Waals surface area contributed by atoms with E-state index in [9.17, 15) is 4.79 Å². The van der Waals surface area contributed by atoms with Crippen molar-refractivity contribution in [3.05, 3.63) is 11.9 Å². The van der Waals surface area contributed by atoms with Crippen molar-refractivity contribution in [1.82, 2.24) is 14.5 Å². The highest BCUT2D eigenvalue weighted by atomic mass is 32.2. The summed E-state index contributed by atoms with van der Waals surface area (Å²) < 4.78 is 2.18. The van der Waals surface area contributed by atoms with Gasteiger partial charge in [-0.05, 0) is 6.42 Å². The van der Waals surface area contributed by atoms with Crippen LogP contribution in [0.15, 0.2) is 11.4 Å². The molecular weight excluding hydrogens is 294 g/mol. The van der Waals surface area contributed by atoms with Crippen LogP contribution >= 0.6 is 23.5 Å². The van der Waals surface area contributed by atoms with Gasteiger partial charge in [0.05, 0.1) is 5.75 Å². The van der Waals surface area contributed by atoms with Crippen LogP contribution in [0, 0.1) is 0 Å². The first-order valence-corrected chi connectivity index (χ1v) is 9.03. The van der Waals surface area contributed by atoms with Crippen LogP contribution in [0.5, 0.6) is 0 Å². The van der Waals surface area contributed by atoms with E-state index >= 15 is 0 Å². The third kappa shape index (κ3) is 4.43. The van der Waals surface area contributed by atoms with Crippen molar-refractivity contribution in [2.24, 2.45) is 0 Å². The summed E-state index contributed by atoms with van der Waals surface area (Å²) in [5.74, 6) is 1.70. The number of carbonyl (C=O) groups is 1. The molecule has 1 aromatic heterocycles. The zero-order chi connectivity index (χ0) is 14.4. The highest BCUT2D eigenvalue weighted by molar-refractivity contribution is 7.99. The third-order valence-corrected chi connectivity index (χ3v) is 5.25. The Morgan fingerprint density at radius 3 is 2.85 bits per heavy atom. The molecule has 1 aliphatic rings. The molecule has 1 aromatic rings. The third-order valence-electron chi connectivity index (χ3n) is 3.33. The fraction of sp³-hybridized carbons (Fsp3) is 0.692. The number of thioether (sulfide) groups is 2. The summed E-state index contributed by atoms with van der Waals surface area (Å²) in [6, 6.07) is 0. The monoisotopic (exact) mass is 315 g/mol. The van der Waals surface area contributed by atoms with Crippen LogP contribution in [0.3, 0.4) is 0 Å². The number of carboxylic acid groups (broad SMARTS) is 1. The van der Waals surface area contributed by atoms with Crippen LogP contribution in [0.2, 0.25) is 0 Å². The molecule has 0 saturated carbocycles. The summed E-state index contributed by atoms with van der Waals surface area (Å²) in [5, 5.41) is 9.62. The summed E-state index contributed by atoms with van der Waals surface area (Å²) in [7, 11) is 0. The van der Waals surface area contributed by atoms with Crippen LogP contribution in [0.25, 0.3) is 0 Å². The van der Waals surface area contributed by atoms with E-state index in [1.54, 1.807) is 0 Å². The Bertz CT molecular complexity index is 445. The number of aromatic nitrogens is 2. The minimum atomic E-state index is -0.796. The van der Waals surface area contributed by atoms with Gasteiger partial charge in [-0.25, -0.2) is 4.98 Å². The average Bonchev–Trinajstić information content (AvgIpc) is 2.86. The lowest BCUT2D eigenvalue weighted by Gasteiger charge is -2.26. The van der Waals surface area contributed by atoms with Crippen LogP contribution in [-0.4, -0.2) is 62.4 Å². The van der Waals surface area contributed by atoms with Gasteiger partial charge < -0.3 is 9.67 Å². The minimum absolute atomic E-state index is 0.0700. The highest BCUT2D eigenvalue weighted by Crippen LogP contribution is 2.19. The SMILES string of the molecule is CCc1cnc(SCC(=O)O)n1CCN1CCSCC1. The molecule has 0 atom stereocenters. The van der Waals surface area contributed by atoms with E-state index in [2.05, 4.69) is 21.4 Å². The summed E-state index contributed by atoms with van der Waals surface area (Å²) in [5.41, 5.74) is 1.18. The van der Waals surface area contributed by atoms with Gasteiger partial charge in [-0.3, -0.25) is 9.69 Å². The Kier molecular flexibility index (Phi) is 6.25. The van der Waals surface area contributed by atoms with Gasteiger partial charge in [0, 0.05) is 49.6 Å². The zero-order valence-electron chi connectivity index (χ0n) is 11.7. The predicted molar refractivity (Wildman–Crippen MR) is 83.7 cm³/mol. The van der Waals surface area contributed by atoms with Gasteiger partial charge >= 0.3 is 5.97 Å². The van der Waals surface area contributed by atoms with Gasteiger partial charge in [-0.1, -0.05) is 18.7 Å². The number of rotatable bonds is 7. The second kappa shape index (κ2) is 7.95. The number of hydrogen-bond acceptors (Lipinski definition) is 5. The lowest BCUT2D eigenvalue weighted by Crippen LogP contribution is -2.35. The maximum atomic E-state index is 10.7. The largest absolute Gasteiger partial charge is 0.481 e. The van der Waals surface area contributed by atoms with E-state index in [1.165, 1.54) is 29.0 Å². The van der Waals surface area contributed by atoms with Crippen molar-refractivity contribution >= 4 is 29.5 Å². The Labute approximate surface area is 128 Å². The van der Waals surface area contributed by atoms with E-state index in [0.717, 1.165) is 37.8 Å². The summed E-state index contributed by atoms with van der Waals surface area (Å²) in [4.78, 5) is 17.5. The molecule has 2 rings (SSSR count). The van der Waals surface area contributed by atoms with Crippen molar-refractivity contribution in [1.29, 1.82) is 0 Å². The first-order chi connectivity index (χ1) is 9.70. The Hall–Kier alpha value is -0.660. The molecule has 1 saturated heterocycles. The fourth-order valence-electron chi connectivity index (χ4n) is 2.22. The van der Waals surface area contributed by atoms with Crippen LogP contribution < -0.4 is 0 Å². The maximum Gasteiger partial charge on any atom is 0.313 e. The fourth-order valence-corrected chi connectivity index (χ4v) is 3.94. The van der Waals surface area contributed by atoms with Crippen molar-refractivity contribution in [2.75, 3.05) is 36.9 Å². The van der Waals surface area contributed by atoms with Crippen molar-refractivity contribution in [3.63, 3.8) is 0 Å². The summed E-state index contributed by atoms with van der Waals surface area (Å²) in [6.45, 7) is 6.33. The van der Waals surface area contributed by atoms with Gasteiger partial charge in [0.25, 0.3) is 0 Å². The highest BCUT2D eigenvalue weighted by Gasteiger charge is 2.14. The van der Waals surface area contributed by atoms with Gasteiger partial charge in [-0.2, -0.15) is 11.8 Å². The molecule has 0 aliphatic carbocycles. The molecular formula is C13H21N3O2S2. The molecule has 0 bridgehead atoms. The topological polar surface area (TPSA) is 58.4 Å². The summed E-state index contributed by atoms with van der Waals surface area (Å²) >= 11 is 3.32. The number of carboxylic acids is 1. The van der Waals surface area contributed by atoms with E-state index in [1.807, 2.05) is 18.0 Å². The lowest BCUT2D eigenvalue weighted by atomic mass is 10.3. The smallest absolute Gasteiger partial charge is 0.313 e. The number of aliphatic carboxylic acids is 1. The van der Waals surface area contributed by atoms with Crippen LogP contribution in [-0.2, 0) is 17.8 Å². The first-order valence-electron chi connectivity index (χ1n) is 6.89. The van der Waals surface area contributed by atoms with Crippen molar-refractivity contribution < 1.29 is 9.90 Å². The Balaban J connectivity index is 1.96. The normalized spacial score (nSPS) is 16.4.